The van der Waals surface area contributed by atoms with Crippen LogP contribution in [0.4, 0.5) is 5.69 Å². The molecule has 3 N–H and O–H groups in total. The van der Waals surface area contributed by atoms with E-state index in [-0.39, 0.29) is 0 Å². The van der Waals surface area contributed by atoms with Gasteiger partial charge in [-0.05, 0) is 48.6 Å². The first kappa shape index (κ1) is 12.2. The van der Waals surface area contributed by atoms with E-state index in [1.54, 1.807) is 0 Å². The number of hydrogen-bond donors (Lipinski definition) is 2. The molecule has 0 heterocycles. The van der Waals surface area contributed by atoms with Crippen LogP contribution in [-0.2, 0) is 12.8 Å². The van der Waals surface area contributed by atoms with Crippen LogP contribution < -0.4 is 11.1 Å². The van der Waals surface area contributed by atoms with Crippen molar-refractivity contribution in [1.82, 2.24) is 5.32 Å². The highest BCUT2D eigenvalue weighted by Gasteiger charge is 2.22. The zero-order valence-corrected chi connectivity index (χ0v) is 11.3. The maximum atomic E-state index is 5.85. The van der Waals surface area contributed by atoms with E-state index in [2.05, 4.69) is 54.7 Å². The van der Waals surface area contributed by atoms with Gasteiger partial charge in [0.25, 0.3) is 0 Å². The Bertz CT molecular complexity index is 563. The predicted molar refractivity (Wildman–Crippen MR) is 80.0 cm³/mol. The average Bonchev–Trinajstić information content (AvgIpc) is 2.81. The van der Waals surface area contributed by atoms with Gasteiger partial charge >= 0.3 is 0 Å². The van der Waals surface area contributed by atoms with E-state index in [1.165, 1.54) is 16.7 Å². The molecule has 0 radical (unpaired) electrons. The second-order valence-electron chi connectivity index (χ2n) is 5.43. The molecule has 1 aliphatic rings. The highest BCUT2D eigenvalue weighted by molar-refractivity contribution is 5.47. The zero-order chi connectivity index (χ0) is 13.2. The highest BCUT2D eigenvalue weighted by Crippen LogP contribution is 2.26. The Morgan fingerprint density at radius 2 is 1.79 bits per heavy atom. The van der Waals surface area contributed by atoms with Crippen molar-refractivity contribution in [2.75, 3.05) is 5.73 Å². The summed E-state index contributed by atoms with van der Waals surface area (Å²) >= 11 is 0. The molecule has 2 heteroatoms. The largest absolute Gasteiger partial charge is 0.399 e. The first-order valence-electron chi connectivity index (χ1n) is 6.90. The summed E-state index contributed by atoms with van der Waals surface area (Å²) in [5.41, 5.74) is 10.9. The van der Waals surface area contributed by atoms with Crippen LogP contribution >= 0.6 is 0 Å². The third-order valence-corrected chi connectivity index (χ3v) is 3.95. The number of fused-ring (bicyclic) bond motifs is 1. The fourth-order valence-corrected chi connectivity index (χ4v) is 2.95. The maximum absolute atomic E-state index is 5.85. The van der Waals surface area contributed by atoms with Crippen LogP contribution in [0.1, 0.15) is 29.7 Å². The van der Waals surface area contributed by atoms with Crippen molar-refractivity contribution in [2.24, 2.45) is 0 Å². The summed E-state index contributed by atoms with van der Waals surface area (Å²) in [5.74, 6) is 0. The lowest BCUT2D eigenvalue weighted by Crippen LogP contribution is -2.31. The SMILES string of the molecule is CC(NC1Cc2ccc(N)cc2C1)c1ccccc1. The molecule has 2 atom stereocenters. The number of benzene rings is 2. The van der Waals surface area contributed by atoms with Gasteiger partial charge in [0.2, 0.25) is 0 Å². The lowest BCUT2D eigenvalue weighted by molar-refractivity contribution is 0.467. The molecule has 0 spiro atoms. The average molecular weight is 252 g/mol. The van der Waals surface area contributed by atoms with E-state index in [0.717, 1.165) is 18.5 Å². The monoisotopic (exact) mass is 252 g/mol. The Balaban J connectivity index is 1.67. The molecule has 0 bridgehead atoms. The van der Waals surface area contributed by atoms with Crippen LogP contribution in [0.3, 0.4) is 0 Å². The summed E-state index contributed by atoms with van der Waals surface area (Å²) in [7, 11) is 0. The molecule has 2 nitrogen and oxygen atoms in total. The van der Waals surface area contributed by atoms with Crippen molar-refractivity contribution >= 4 is 5.69 Å². The second kappa shape index (κ2) is 5.06. The minimum Gasteiger partial charge on any atom is -0.399 e. The number of nitrogens with one attached hydrogen (secondary N) is 1. The summed E-state index contributed by atoms with van der Waals surface area (Å²) in [6.45, 7) is 2.23. The number of nitrogens with two attached hydrogens (primary N) is 1. The number of rotatable bonds is 3. The second-order valence-corrected chi connectivity index (χ2v) is 5.43. The van der Waals surface area contributed by atoms with Crippen LogP contribution in [0, 0.1) is 0 Å². The Labute approximate surface area is 114 Å². The van der Waals surface area contributed by atoms with E-state index in [4.69, 9.17) is 5.73 Å². The van der Waals surface area contributed by atoms with Crippen LogP contribution in [0.25, 0.3) is 0 Å². The standard InChI is InChI=1S/C17H20N2/c1-12(13-5-3-2-4-6-13)19-17-10-14-7-8-16(18)9-15(14)11-17/h2-9,12,17,19H,10-11,18H2,1H3. The summed E-state index contributed by atoms with van der Waals surface area (Å²) in [4.78, 5) is 0. The molecule has 0 aliphatic heterocycles. The quantitative estimate of drug-likeness (QED) is 0.824. The summed E-state index contributed by atoms with van der Waals surface area (Å²) in [6, 6.07) is 17.8. The normalized spacial score (nSPS) is 19.1. The molecule has 0 aromatic heterocycles. The van der Waals surface area contributed by atoms with Gasteiger partial charge in [0, 0.05) is 17.8 Å². The summed E-state index contributed by atoms with van der Waals surface area (Å²) < 4.78 is 0. The summed E-state index contributed by atoms with van der Waals surface area (Å²) in [6.07, 6.45) is 2.18. The van der Waals surface area contributed by atoms with Gasteiger partial charge < -0.3 is 11.1 Å². The van der Waals surface area contributed by atoms with Gasteiger partial charge in [0.1, 0.15) is 0 Å². The van der Waals surface area contributed by atoms with Crippen molar-refractivity contribution in [1.29, 1.82) is 0 Å². The fraction of sp³-hybridized carbons (Fsp3) is 0.294. The Morgan fingerprint density at radius 1 is 1.05 bits per heavy atom. The number of hydrogen-bond acceptors (Lipinski definition) is 2. The zero-order valence-electron chi connectivity index (χ0n) is 11.3. The number of anilines is 1. The van der Waals surface area contributed by atoms with Crippen LogP contribution in [0.2, 0.25) is 0 Å². The van der Waals surface area contributed by atoms with Crippen LogP contribution in [-0.4, -0.2) is 6.04 Å². The van der Waals surface area contributed by atoms with Gasteiger partial charge in [0.05, 0.1) is 0 Å². The van der Waals surface area contributed by atoms with Gasteiger partial charge in [-0.2, -0.15) is 0 Å². The lowest BCUT2D eigenvalue weighted by atomic mass is 10.1. The van der Waals surface area contributed by atoms with E-state index < -0.39 is 0 Å². The smallest absolute Gasteiger partial charge is 0.0316 e. The lowest BCUT2D eigenvalue weighted by Gasteiger charge is -2.19. The molecule has 0 saturated carbocycles. The molecular weight excluding hydrogens is 232 g/mol. The molecule has 1 aliphatic carbocycles. The van der Waals surface area contributed by atoms with E-state index >= 15 is 0 Å². The minimum absolute atomic E-state index is 0.387. The molecule has 3 rings (SSSR count). The first-order chi connectivity index (χ1) is 9.22. The fourth-order valence-electron chi connectivity index (χ4n) is 2.95. The van der Waals surface area contributed by atoms with Crippen molar-refractivity contribution < 1.29 is 0 Å². The summed E-state index contributed by atoms with van der Waals surface area (Å²) in [5, 5.41) is 3.72. The van der Waals surface area contributed by atoms with E-state index in [9.17, 15) is 0 Å². The molecule has 0 saturated heterocycles. The third kappa shape index (κ3) is 2.64. The van der Waals surface area contributed by atoms with E-state index in [1.807, 2.05) is 6.07 Å². The predicted octanol–water partition coefficient (Wildman–Crippen LogP) is 3.09. The van der Waals surface area contributed by atoms with Gasteiger partial charge in [-0.1, -0.05) is 36.4 Å². The molecule has 0 fully saturated rings. The van der Waals surface area contributed by atoms with Gasteiger partial charge in [0.15, 0.2) is 0 Å². The van der Waals surface area contributed by atoms with Crippen molar-refractivity contribution in [2.45, 2.75) is 31.8 Å². The highest BCUT2D eigenvalue weighted by atomic mass is 14.9. The van der Waals surface area contributed by atoms with Crippen LogP contribution in [0.5, 0.6) is 0 Å². The maximum Gasteiger partial charge on any atom is 0.0316 e. The van der Waals surface area contributed by atoms with Crippen LogP contribution in [0.15, 0.2) is 48.5 Å². The van der Waals surface area contributed by atoms with Crippen molar-refractivity contribution in [3.05, 3.63) is 65.2 Å². The molecule has 19 heavy (non-hydrogen) atoms. The number of nitrogen functional groups attached to an aromatic ring is 1. The molecule has 2 aromatic carbocycles. The molecular formula is C17H20N2. The third-order valence-electron chi connectivity index (χ3n) is 3.95. The van der Waals surface area contributed by atoms with Gasteiger partial charge in [-0.25, -0.2) is 0 Å². The molecule has 0 amide bonds. The Kier molecular flexibility index (Phi) is 3.26. The minimum atomic E-state index is 0.387. The first-order valence-corrected chi connectivity index (χ1v) is 6.90. The molecule has 2 unspecified atom stereocenters. The van der Waals surface area contributed by atoms with Gasteiger partial charge in [-0.3, -0.25) is 0 Å². The molecule has 2 aromatic rings. The Morgan fingerprint density at radius 3 is 2.58 bits per heavy atom. The van der Waals surface area contributed by atoms with Crippen molar-refractivity contribution in [3.63, 3.8) is 0 Å². The Hall–Kier alpha value is -1.80. The van der Waals surface area contributed by atoms with E-state index in [0.29, 0.717) is 12.1 Å². The van der Waals surface area contributed by atoms with Gasteiger partial charge in [-0.15, -0.1) is 0 Å². The van der Waals surface area contributed by atoms with Crippen molar-refractivity contribution in [3.8, 4) is 0 Å². The topological polar surface area (TPSA) is 38.0 Å². The molecule has 98 valence electrons.